The molecule has 1 aromatic heterocycles. The van der Waals surface area contributed by atoms with Crippen LogP contribution in [0, 0.1) is 0 Å². The number of rotatable bonds is 5. The summed E-state index contributed by atoms with van der Waals surface area (Å²) in [6.45, 7) is 4.29. The molecule has 3 aromatic carbocycles. The molecular weight excluding hydrogens is 426 g/mol. The van der Waals surface area contributed by atoms with Gasteiger partial charge in [-0.15, -0.1) is 0 Å². The first-order chi connectivity index (χ1) is 16.6. The summed E-state index contributed by atoms with van der Waals surface area (Å²) >= 11 is 0. The first-order valence-corrected chi connectivity index (χ1v) is 11.9. The highest BCUT2D eigenvalue weighted by molar-refractivity contribution is 6.01. The molecule has 0 radical (unpaired) electrons. The van der Waals surface area contributed by atoms with Gasteiger partial charge in [0, 0.05) is 30.9 Å². The van der Waals surface area contributed by atoms with Gasteiger partial charge in [0.25, 0.3) is 0 Å². The molecular formula is C27H29N5O2. The molecule has 2 amide bonds. The Labute approximate surface area is 198 Å². The third-order valence-corrected chi connectivity index (χ3v) is 6.62. The van der Waals surface area contributed by atoms with Gasteiger partial charge >= 0.3 is 11.7 Å². The molecule has 1 aliphatic rings. The number of urea groups is 1. The maximum atomic E-state index is 13.0. The van der Waals surface area contributed by atoms with Crippen molar-refractivity contribution in [2.75, 3.05) is 18.4 Å². The summed E-state index contributed by atoms with van der Waals surface area (Å²) in [6.07, 6.45) is 1.56. The molecule has 0 spiro atoms. The molecule has 0 saturated carbocycles. The van der Waals surface area contributed by atoms with Crippen molar-refractivity contribution in [2.45, 2.75) is 38.8 Å². The molecule has 2 heterocycles. The number of nitrogens with zero attached hydrogens (tertiary/aromatic N) is 4. The number of hydrogen-bond acceptors (Lipinski definition) is 3. The van der Waals surface area contributed by atoms with Gasteiger partial charge < -0.3 is 10.2 Å². The number of nitrogens with one attached hydrogen (secondary N) is 1. The van der Waals surface area contributed by atoms with Crippen molar-refractivity contribution in [1.29, 1.82) is 0 Å². The number of benzene rings is 3. The van der Waals surface area contributed by atoms with E-state index in [4.69, 9.17) is 5.10 Å². The van der Waals surface area contributed by atoms with Crippen LogP contribution >= 0.6 is 0 Å². The summed E-state index contributed by atoms with van der Waals surface area (Å²) in [6, 6.07) is 23.8. The van der Waals surface area contributed by atoms with Crippen LogP contribution < -0.4 is 11.0 Å². The second kappa shape index (κ2) is 9.55. The first kappa shape index (κ1) is 21.9. The van der Waals surface area contributed by atoms with E-state index in [0.29, 0.717) is 26.2 Å². The fraction of sp³-hybridized carbons (Fsp3) is 0.296. The van der Waals surface area contributed by atoms with Crippen LogP contribution in [0.2, 0.25) is 0 Å². The monoisotopic (exact) mass is 455 g/mol. The molecule has 0 aliphatic carbocycles. The number of amides is 2. The van der Waals surface area contributed by atoms with Crippen molar-refractivity contribution in [1.82, 2.24) is 19.2 Å². The van der Waals surface area contributed by atoms with Gasteiger partial charge in [0.05, 0.1) is 12.2 Å². The van der Waals surface area contributed by atoms with E-state index in [2.05, 4.69) is 5.32 Å². The summed E-state index contributed by atoms with van der Waals surface area (Å²) in [5, 5.41) is 9.94. The molecule has 7 nitrogen and oxygen atoms in total. The van der Waals surface area contributed by atoms with Crippen LogP contribution in [0.4, 0.5) is 10.5 Å². The Hall–Kier alpha value is -3.87. The Kier molecular flexibility index (Phi) is 6.16. The van der Waals surface area contributed by atoms with Gasteiger partial charge in [-0.3, -0.25) is 4.57 Å². The van der Waals surface area contributed by atoms with Crippen molar-refractivity contribution in [3.63, 3.8) is 0 Å². The normalized spacial score (nSPS) is 14.4. The number of piperidine rings is 1. The largest absolute Gasteiger partial charge is 0.346 e. The maximum Gasteiger partial charge on any atom is 0.346 e. The second-order valence-corrected chi connectivity index (χ2v) is 8.75. The molecule has 7 heteroatoms. The smallest absolute Gasteiger partial charge is 0.324 e. The molecule has 4 aromatic rings. The zero-order valence-corrected chi connectivity index (χ0v) is 19.4. The lowest BCUT2D eigenvalue weighted by Crippen LogP contribution is -2.41. The van der Waals surface area contributed by atoms with Crippen LogP contribution in [-0.4, -0.2) is 38.4 Å². The average Bonchev–Trinajstić information content (AvgIpc) is 3.19. The lowest BCUT2D eigenvalue weighted by molar-refractivity contribution is 0.193. The number of likely N-dealkylation sites (tertiary alicyclic amines) is 1. The summed E-state index contributed by atoms with van der Waals surface area (Å²) in [5.74, 6) is 0.990. The summed E-state index contributed by atoms with van der Waals surface area (Å²) in [4.78, 5) is 27.8. The summed E-state index contributed by atoms with van der Waals surface area (Å²) < 4.78 is 3.34. The summed E-state index contributed by atoms with van der Waals surface area (Å²) in [5.41, 5.74) is 1.80. The molecule has 1 fully saturated rings. The van der Waals surface area contributed by atoms with E-state index >= 15 is 0 Å². The van der Waals surface area contributed by atoms with Crippen LogP contribution in [0.3, 0.4) is 0 Å². The van der Waals surface area contributed by atoms with Crippen LogP contribution in [0.25, 0.3) is 10.8 Å². The van der Waals surface area contributed by atoms with Gasteiger partial charge in [0.2, 0.25) is 0 Å². The second-order valence-electron chi connectivity index (χ2n) is 8.75. The van der Waals surface area contributed by atoms with Gasteiger partial charge in [-0.05, 0) is 36.8 Å². The highest BCUT2D eigenvalue weighted by Crippen LogP contribution is 2.28. The molecule has 5 rings (SSSR count). The lowest BCUT2D eigenvalue weighted by Gasteiger charge is -2.31. The number of hydrogen-bond donors (Lipinski definition) is 1. The van der Waals surface area contributed by atoms with Crippen molar-refractivity contribution in [3.05, 3.63) is 94.7 Å². The number of fused-ring (bicyclic) bond motifs is 1. The molecule has 0 bridgehead atoms. The van der Waals surface area contributed by atoms with E-state index in [0.717, 1.165) is 40.7 Å². The van der Waals surface area contributed by atoms with E-state index in [1.165, 1.54) is 0 Å². The Morgan fingerprint density at radius 2 is 1.68 bits per heavy atom. The van der Waals surface area contributed by atoms with Crippen LogP contribution in [0.15, 0.2) is 77.6 Å². The number of anilines is 1. The van der Waals surface area contributed by atoms with E-state index in [1.54, 1.807) is 9.25 Å². The number of aromatic nitrogens is 3. The van der Waals surface area contributed by atoms with Gasteiger partial charge in [-0.25, -0.2) is 14.3 Å². The topological polar surface area (TPSA) is 72.2 Å². The van der Waals surface area contributed by atoms with E-state index in [1.807, 2.05) is 84.6 Å². The Balaban J connectivity index is 1.27. The predicted octanol–water partition coefficient (Wildman–Crippen LogP) is 4.68. The van der Waals surface area contributed by atoms with Gasteiger partial charge in [-0.1, -0.05) is 66.7 Å². The minimum absolute atomic E-state index is 0.0718. The van der Waals surface area contributed by atoms with Crippen molar-refractivity contribution < 1.29 is 4.79 Å². The minimum atomic E-state index is -0.0858. The van der Waals surface area contributed by atoms with Crippen LogP contribution in [0.5, 0.6) is 0 Å². The van der Waals surface area contributed by atoms with Crippen LogP contribution in [-0.2, 0) is 13.1 Å². The van der Waals surface area contributed by atoms with E-state index in [9.17, 15) is 9.59 Å². The molecule has 0 unspecified atom stereocenters. The third kappa shape index (κ3) is 4.33. The Bertz CT molecular complexity index is 1350. The molecule has 1 N–H and O–H groups in total. The third-order valence-electron chi connectivity index (χ3n) is 6.62. The zero-order chi connectivity index (χ0) is 23.5. The highest BCUT2D eigenvalue weighted by atomic mass is 16.2. The minimum Gasteiger partial charge on any atom is -0.324 e. The zero-order valence-electron chi connectivity index (χ0n) is 19.4. The lowest BCUT2D eigenvalue weighted by atomic mass is 9.96. The van der Waals surface area contributed by atoms with Crippen LogP contribution in [0.1, 0.15) is 37.1 Å². The average molecular weight is 456 g/mol. The standard InChI is InChI=1S/C27H29N5O2/c1-2-31-25(29-32(27(31)34)19-20-9-4-3-5-10-20)22-15-17-30(18-16-22)26(33)28-24-14-8-12-21-11-6-7-13-23(21)24/h3-14,22H,2,15-19H2,1H3,(H,28,33). The summed E-state index contributed by atoms with van der Waals surface area (Å²) in [7, 11) is 0. The van der Waals surface area contributed by atoms with E-state index in [-0.39, 0.29) is 17.6 Å². The van der Waals surface area contributed by atoms with Crippen molar-refractivity contribution in [2.24, 2.45) is 0 Å². The number of carbonyl (C=O) groups is 1. The Morgan fingerprint density at radius 1 is 0.971 bits per heavy atom. The fourth-order valence-corrected chi connectivity index (χ4v) is 4.79. The SMILES string of the molecule is CCn1c(C2CCN(C(=O)Nc3cccc4ccccc34)CC2)nn(Cc2ccccc2)c1=O. The molecule has 34 heavy (non-hydrogen) atoms. The van der Waals surface area contributed by atoms with Crippen molar-refractivity contribution >= 4 is 22.5 Å². The maximum absolute atomic E-state index is 13.0. The molecule has 0 atom stereocenters. The quantitative estimate of drug-likeness (QED) is 0.475. The Morgan fingerprint density at radius 3 is 2.44 bits per heavy atom. The highest BCUT2D eigenvalue weighted by Gasteiger charge is 2.28. The predicted molar refractivity (Wildman–Crippen MR) is 134 cm³/mol. The van der Waals surface area contributed by atoms with Gasteiger partial charge in [-0.2, -0.15) is 5.10 Å². The molecule has 1 saturated heterocycles. The van der Waals surface area contributed by atoms with Gasteiger partial charge in [0.1, 0.15) is 5.82 Å². The van der Waals surface area contributed by atoms with Crippen molar-refractivity contribution in [3.8, 4) is 0 Å². The van der Waals surface area contributed by atoms with E-state index < -0.39 is 0 Å². The van der Waals surface area contributed by atoms with Gasteiger partial charge in [0.15, 0.2) is 0 Å². The molecule has 174 valence electrons. The number of carbonyl (C=O) groups excluding carboxylic acids is 1. The molecule has 1 aliphatic heterocycles. The first-order valence-electron chi connectivity index (χ1n) is 11.9. The fourth-order valence-electron chi connectivity index (χ4n) is 4.79.